The molecule has 2 bridgehead atoms. The summed E-state index contributed by atoms with van der Waals surface area (Å²) in [5, 5.41) is 11.4. The molecule has 262 valence electrons. The molecule has 13 heteroatoms. The zero-order valence-electron chi connectivity index (χ0n) is 28.2. The maximum atomic E-state index is 17.3. The summed E-state index contributed by atoms with van der Waals surface area (Å²) in [5.41, 5.74) is 0.679. The highest BCUT2D eigenvalue weighted by Crippen LogP contribution is 2.48. The van der Waals surface area contributed by atoms with Crippen LogP contribution in [0.5, 0.6) is 11.9 Å². The molecule has 1 N–H and O–H groups in total. The van der Waals surface area contributed by atoms with E-state index in [2.05, 4.69) is 17.4 Å². The number of amides is 1. The highest BCUT2D eigenvalue weighted by atomic mass is 19.1. The van der Waals surface area contributed by atoms with Gasteiger partial charge in [0.05, 0.1) is 35.3 Å². The van der Waals surface area contributed by atoms with E-state index < -0.39 is 35.4 Å². The molecule has 5 aliphatic heterocycles. The lowest BCUT2D eigenvalue weighted by molar-refractivity contribution is -0.0119. The van der Waals surface area contributed by atoms with Gasteiger partial charge in [0.15, 0.2) is 5.82 Å². The number of halogens is 2. The second-order valence-corrected chi connectivity index (χ2v) is 14.3. The largest absolute Gasteiger partial charge is 0.472 e. The minimum atomic E-state index is -0.988. The number of hydrogen-bond donors (Lipinski definition) is 1. The first-order valence-electron chi connectivity index (χ1n) is 17.2. The fraction of sp³-hybridized carbons (Fsp3) is 0.421. The average Bonchev–Trinajstić information content (AvgIpc) is 3.71. The summed E-state index contributed by atoms with van der Waals surface area (Å²) in [4.78, 5) is 32.7. The highest BCUT2D eigenvalue weighted by Gasteiger charge is 2.55. The lowest BCUT2D eigenvalue weighted by Gasteiger charge is -2.47. The molecule has 2 aromatic heterocycles. The first-order chi connectivity index (χ1) is 24.6. The van der Waals surface area contributed by atoms with Crippen molar-refractivity contribution in [1.82, 2.24) is 24.8 Å². The van der Waals surface area contributed by atoms with Crippen molar-refractivity contribution >= 4 is 33.6 Å². The van der Waals surface area contributed by atoms with E-state index in [0.29, 0.717) is 42.4 Å². The predicted molar refractivity (Wildman–Crippen MR) is 185 cm³/mol. The molecule has 0 spiro atoms. The summed E-state index contributed by atoms with van der Waals surface area (Å²) < 4.78 is 51.3. The number of methoxy groups -OCH3 is 1. The number of anilines is 1. The van der Waals surface area contributed by atoms with E-state index in [0.717, 1.165) is 25.1 Å². The van der Waals surface area contributed by atoms with Crippen LogP contribution in [-0.2, 0) is 4.74 Å². The number of rotatable bonds is 5. The van der Waals surface area contributed by atoms with E-state index in [-0.39, 0.29) is 64.4 Å². The normalized spacial score (nSPS) is 28.1. The number of terminal acetylenes is 1. The third kappa shape index (κ3) is 4.55. The number of fused-ring (bicyclic) bond motifs is 7. The Morgan fingerprint density at radius 3 is 2.80 bits per heavy atom. The van der Waals surface area contributed by atoms with Gasteiger partial charge in [-0.15, -0.1) is 6.42 Å². The Morgan fingerprint density at radius 1 is 1.18 bits per heavy atom. The van der Waals surface area contributed by atoms with Crippen molar-refractivity contribution < 1.29 is 32.9 Å². The van der Waals surface area contributed by atoms with Gasteiger partial charge in [-0.25, -0.2) is 18.6 Å². The quantitative estimate of drug-likeness (QED) is 0.216. The molecule has 0 radical (unpaired) electrons. The van der Waals surface area contributed by atoms with Gasteiger partial charge in [-0.05, 0) is 44.1 Å². The molecule has 4 aromatic rings. The van der Waals surface area contributed by atoms with Crippen molar-refractivity contribution in [2.45, 2.75) is 68.5 Å². The highest BCUT2D eigenvalue weighted by molar-refractivity contribution is 6.03. The number of benzene rings is 2. The summed E-state index contributed by atoms with van der Waals surface area (Å²) in [7, 11) is 1.69. The van der Waals surface area contributed by atoms with Crippen LogP contribution >= 0.6 is 0 Å². The first kappa shape index (κ1) is 31.9. The number of pyridine rings is 1. The topological polar surface area (TPSA) is 113 Å². The number of carbonyl (C=O) groups is 1. The minimum absolute atomic E-state index is 0.00918. The Morgan fingerprint density at radius 2 is 2.02 bits per heavy atom. The molecule has 4 saturated heterocycles. The molecule has 51 heavy (non-hydrogen) atoms. The van der Waals surface area contributed by atoms with Gasteiger partial charge in [0.2, 0.25) is 5.88 Å². The lowest BCUT2D eigenvalue weighted by Crippen LogP contribution is -2.64. The van der Waals surface area contributed by atoms with Gasteiger partial charge in [-0.2, -0.15) is 9.97 Å². The third-order valence-corrected chi connectivity index (χ3v) is 11.7. The van der Waals surface area contributed by atoms with Crippen molar-refractivity contribution in [1.29, 1.82) is 0 Å². The SMILES string of the molecule is C#Cc1c(F)ccc2cccc(-c3nc4c5c(nc(OCC67CC(=C)CN6CC[C@@H]7OC)nc5c3F)N3CC5CCC(C3C(C)O4)N5C(=O)O)c12. The number of carboxylic acid groups (broad SMARTS) is 1. The van der Waals surface area contributed by atoms with E-state index in [4.69, 9.17) is 35.6 Å². The Balaban J connectivity index is 1.25. The smallest absolute Gasteiger partial charge is 0.407 e. The van der Waals surface area contributed by atoms with Crippen molar-refractivity contribution in [3.8, 4) is 35.5 Å². The van der Waals surface area contributed by atoms with Crippen LogP contribution in [0.2, 0.25) is 0 Å². The predicted octanol–water partition coefficient (Wildman–Crippen LogP) is 5.38. The molecule has 7 heterocycles. The maximum Gasteiger partial charge on any atom is 0.407 e. The Bertz CT molecular complexity index is 2210. The van der Waals surface area contributed by atoms with Gasteiger partial charge in [0, 0.05) is 37.7 Å². The van der Waals surface area contributed by atoms with Crippen LogP contribution in [0.1, 0.15) is 38.2 Å². The zero-order chi connectivity index (χ0) is 35.3. The van der Waals surface area contributed by atoms with Crippen LogP contribution in [0, 0.1) is 24.0 Å². The van der Waals surface area contributed by atoms with Crippen LogP contribution in [0.3, 0.4) is 0 Å². The number of piperazine rings is 1. The second kappa shape index (κ2) is 11.5. The molecular formula is C38H36F2N6O5. The van der Waals surface area contributed by atoms with E-state index in [1.807, 2.05) is 11.8 Å². The van der Waals surface area contributed by atoms with Crippen molar-refractivity contribution in [2.75, 3.05) is 38.3 Å². The molecule has 0 saturated carbocycles. The van der Waals surface area contributed by atoms with Crippen LogP contribution in [0.4, 0.5) is 19.4 Å². The molecular weight excluding hydrogens is 658 g/mol. The maximum absolute atomic E-state index is 17.3. The second-order valence-electron chi connectivity index (χ2n) is 14.3. The summed E-state index contributed by atoms with van der Waals surface area (Å²) in [6.45, 7) is 8.18. The number of ether oxygens (including phenoxy) is 3. The first-order valence-corrected chi connectivity index (χ1v) is 17.2. The fourth-order valence-corrected chi connectivity index (χ4v) is 9.60. The zero-order valence-corrected chi connectivity index (χ0v) is 28.2. The van der Waals surface area contributed by atoms with Crippen molar-refractivity contribution in [3.63, 3.8) is 0 Å². The monoisotopic (exact) mass is 694 g/mol. The molecule has 6 atom stereocenters. The Hall–Kier alpha value is -5.06. The van der Waals surface area contributed by atoms with E-state index in [1.165, 1.54) is 11.0 Å². The van der Waals surface area contributed by atoms with Crippen molar-refractivity contribution in [2.24, 2.45) is 0 Å². The van der Waals surface area contributed by atoms with E-state index in [9.17, 15) is 9.90 Å². The number of nitrogens with zero attached hydrogens (tertiary/aromatic N) is 6. The third-order valence-electron chi connectivity index (χ3n) is 11.7. The van der Waals surface area contributed by atoms with Gasteiger partial charge in [-0.1, -0.05) is 42.3 Å². The van der Waals surface area contributed by atoms with Gasteiger partial charge in [0.1, 0.15) is 40.9 Å². The molecule has 9 rings (SSSR count). The van der Waals surface area contributed by atoms with E-state index in [1.54, 1.807) is 31.4 Å². The summed E-state index contributed by atoms with van der Waals surface area (Å²) >= 11 is 0. The molecule has 11 nitrogen and oxygen atoms in total. The van der Waals surface area contributed by atoms with Crippen LogP contribution in [0.15, 0.2) is 42.5 Å². The van der Waals surface area contributed by atoms with Gasteiger partial charge in [0.25, 0.3) is 0 Å². The molecule has 1 amide bonds. The van der Waals surface area contributed by atoms with Crippen LogP contribution in [0.25, 0.3) is 32.9 Å². The number of hydrogen-bond acceptors (Lipinski definition) is 9. The van der Waals surface area contributed by atoms with Gasteiger partial charge < -0.3 is 24.2 Å². The summed E-state index contributed by atoms with van der Waals surface area (Å²) in [6.07, 6.45) is 6.96. The Kier molecular flexibility index (Phi) is 7.18. The number of aromatic nitrogens is 3. The molecule has 2 aromatic carbocycles. The van der Waals surface area contributed by atoms with Gasteiger partial charge >= 0.3 is 12.1 Å². The standard InChI is InChI=1S/C38H36F2N6O5/c1-5-23-25(39)11-9-21-7-6-8-24(28(21)23)31-30(40)32-29-34(43-36(42-32)50-18-38-15-19(2)16-44(38)14-13-27(38)49-4)45-17-22-10-12-26(46(22)37(47)48)33(45)20(3)51-35(29)41-31/h1,6-9,11,20,22,26-27,33H,2,10,12-18H2,3-4H3,(H,47,48)/t20?,22?,26?,27-,33?,38?/m0/s1. The molecule has 4 fully saturated rings. The molecule has 5 aliphatic rings. The van der Waals surface area contributed by atoms with Crippen molar-refractivity contribution in [3.05, 3.63) is 59.7 Å². The minimum Gasteiger partial charge on any atom is -0.472 e. The summed E-state index contributed by atoms with van der Waals surface area (Å²) in [6, 6.07) is 6.86. The average molecular weight is 695 g/mol. The lowest BCUT2D eigenvalue weighted by atomic mass is 9.91. The van der Waals surface area contributed by atoms with Crippen LogP contribution in [-0.4, -0.2) is 105 Å². The fourth-order valence-electron chi connectivity index (χ4n) is 9.60. The van der Waals surface area contributed by atoms with E-state index >= 15 is 8.78 Å². The molecule has 0 aliphatic carbocycles. The molecule has 5 unspecified atom stereocenters. The van der Waals surface area contributed by atoms with Gasteiger partial charge in [-0.3, -0.25) is 9.80 Å². The Labute approximate surface area is 292 Å². The summed E-state index contributed by atoms with van der Waals surface area (Å²) in [5.74, 6) is 1.51. The van der Waals surface area contributed by atoms with Crippen LogP contribution < -0.4 is 14.4 Å².